The van der Waals surface area contributed by atoms with Gasteiger partial charge in [0.1, 0.15) is 12.7 Å². The van der Waals surface area contributed by atoms with Crippen LogP contribution in [0, 0.1) is 11.3 Å². The molecule has 4 unspecified atom stereocenters. The maximum Gasteiger partial charge on any atom is 0.460 e. The number of fused-ring (bicyclic) bond motifs is 2. The van der Waals surface area contributed by atoms with E-state index in [1.807, 2.05) is 6.07 Å². The van der Waals surface area contributed by atoms with Gasteiger partial charge in [-0.1, -0.05) is 0 Å². The molecule has 0 radical (unpaired) electrons. The topological polar surface area (TPSA) is 94.4 Å². The van der Waals surface area contributed by atoms with Gasteiger partial charge in [0.15, 0.2) is 12.1 Å². The average Bonchev–Trinajstić information content (AvgIpc) is 3.45. The number of alkyl halides is 7. The van der Waals surface area contributed by atoms with Gasteiger partial charge in [0.05, 0.1) is 29.9 Å². The molecule has 3 amide bonds. The van der Waals surface area contributed by atoms with E-state index in [1.165, 1.54) is 35.4 Å². The van der Waals surface area contributed by atoms with Crippen LogP contribution in [-0.4, -0.2) is 82.0 Å². The Hall–Kier alpha value is -3.64. The van der Waals surface area contributed by atoms with Crippen molar-refractivity contribution in [3.63, 3.8) is 0 Å². The molecule has 15 heteroatoms. The minimum Gasteiger partial charge on any atom is -0.286 e. The lowest BCUT2D eigenvalue weighted by Gasteiger charge is -2.36. The second-order valence-electron chi connectivity index (χ2n) is 8.75. The fraction of sp³-hybridized carbons (Fsp3) is 0.381. The van der Waals surface area contributed by atoms with Gasteiger partial charge in [-0.15, -0.1) is 0 Å². The van der Waals surface area contributed by atoms with Crippen molar-refractivity contribution in [1.82, 2.24) is 9.88 Å². The monoisotopic (exact) mass is 516 g/mol. The zero-order chi connectivity index (χ0) is 26.4. The minimum atomic E-state index is -6.73. The van der Waals surface area contributed by atoms with Crippen molar-refractivity contribution in [1.29, 1.82) is 5.26 Å². The fourth-order valence-electron chi connectivity index (χ4n) is 5.25. The first kappa shape index (κ1) is 24.1. The molecule has 0 saturated carbocycles. The summed E-state index contributed by atoms with van der Waals surface area (Å²) in [5.74, 6) is -16.6. The number of quaternary nitrogens is 1. The number of ketones is 1. The van der Waals surface area contributed by atoms with Crippen molar-refractivity contribution in [3.8, 4) is 6.07 Å². The third-order valence-corrected chi connectivity index (χ3v) is 6.93. The number of halogens is 7. The number of carbonyl (C=O) groups excluding carboxylic acids is 3. The molecule has 3 saturated heterocycles. The molecule has 0 N–H and O–H groups in total. The lowest BCUT2D eigenvalue weighted by molar-refractivity contribution is -0.853. The second-order valence-corrected chi connectivity index (χ2v) is 8.75. The van der Waals surface area contributed by atoms with Gasteiger partial charge in [-0.05, 0) is 24.3 Å². The Morgan fingerprint density at radius 3 is 2.42 bits per heavy atom. The standard InChI is InChI=1S/C21H13F7N5O3/c22-19(23,20(24,25)21(26,27)28)16(34)13-7-31-8-14-17(35)32(18(36)33(13,14)9-31)12-4-3-10(6-29)15-11(12)2-1-5-30-15/h1-5,13-14H,7-9H2/q+1. The number of amides is 3. The van der Waals surface area contributed by atoms with Gasteiger partial charge in [-0.2, -0.15) is 40.9 Å². The predicted octanol–water partition coefficient (Wildman–Crippen LogP) is 2.82. The number of Topliss-reactive ketones (excluding diaryl/α,β-unsaturated/α-hetero) is 1. The van der Waals surface area contributed by atoms with Crippen LogP contribution in [0.3, 0.4) is 0 Å². The van der Waals surface area contributed by atoms with Crippen molar-refractivity contribution < 1.29 is 49.6 Å². The van der Waals surface area contributed by atoms with Gasteiger partial charge in [-0.25, -0.2) is 14.2 Å². The number of benzene rings is 1. The van der Waals surface area contributed by atoms with Gasteiger partial charge in [0.2, 0.25) is 0 Å². The number of urea groups is 1. The number of hydrogen-bond acceptors (Lipinski definition) is 6. The zero-order valence-electron chi connectivity index (χ0n) is 17.8. The van der Waals surface area contributed by atoms with Gasteiger partial charge in [-0.3, -0.25) is 14.6 Å². The third kappa shape index (κ3) is 2.76. The highest BCUT2D eigenvalue weighted by atomic mass is 19.4. The number of imide groups is 1. The SMILES string of the molecule is N#Cc1ccc(N2C(=O)C3CN4CC(C(=O)C(F)(F)C(F)(F)C(F)(F)F)[N+]3(C4)C2=O)c2cccnc12. The first-order valence-corrected chi connectivity index (χ1v) is 10.3. The Bertz CT molecular complexity index is 1390. The van der Waals surface area contributed by atoms with Crippen LogP contribution in [0.4, 0.5) is 41.2 Å². The minimum absolute atomic E-state index is 0.0916. The Morgan fingerprint density at radius 2 is 1.78 bits per heavy atom. The molecule has 188 valence electrons. The normalized spacial score (nSPS) is 28.1. The highest BCUT2D eigenvalue weighted by Crippen LogP contribution is 2.51. The lowest BCUT2D eigenvalue weighted by Crippen LogP contribution is -2.68. The van der Waals surface area contributed by atoms with E-state index in [2.05, 4.69) is 4.98 Å². The van der Waals surface area contributed by atoms with E-state index in [1.54, 1.807) is 0 Å². The highest BCUT2D eigenvalue weighted by molar-refractivity contribution is 6.22. The second kappa shape index (κ2) is 7.20. The maximum absolute atomic E-state index is 14.4. The van der Waals surface area contributed by atoms with E-state index in [9.17, 15) is 50.4 Å². The van der Waals surface area contributed by atoms with Crippen LogP contribution in [0.25, 0.3) is 10.9 Å². The molecule has 0 aliphatic carbocycles. The van der Waals surface area contributed by atoms with E-state index in [-0.39, 0.29) is 28.7 Å². The van der Waals surface area contributed by atoms with Crippen molar-refractivity contribution >= 4 is 34.3 Å². The molecule has 1 aromatic heterocycles. The van der Waals surface area contributed by atoms with Crippen LogP contribution in [0.15, 0.2) is 30.5 Å². The molecular formula is C21H13F7N5O3+. The van der Waals surface area contributed by atoms with Crippen LogP contribution in [0.2, 0.25) is 0 Å². The number of aromatic nitrogens is 1. The number of pyridine rings is 1. The molecule has 36 heavy (non-hydrogen) atoms. The van der Waals surface area contributed by atoms with Crippen molar-refractivity contribution in [2.75, 3.05) is 24.7 Å². The van der Waals surface area contributed by atoms with Crippen LogP contribution in [-0.2, 0) is 9.59 Å². The molecule has 2 bridgehead atoms. The molecule has 3 aliphatic heterocycles. The first-order chi connectivity index (χ1) is 16.7. The van der Waals surface area contributed by atoms with Crippen molar-refractivity contribution in [3.05, 3.63) is 36.0 Å². The molecule has 4 atom stereocenters. The van der Waals surface area contributed by atoms with E-state index < -0.39 is 65.5 Å². The summed E-state index contributed by atoms with van der Waals surface area (Å²) in [6, 6.07) is 2.22. The van der Waals surface area contributed by atoms with Crippen LogP contribution in [0.1, 0.15) is 5.56 Å². The Balaban J connectivity index is 1.60. The van der Waals surface area contributed by atoms with E-state index in [0.29, 0.717) is 4.90 Å². The van der Waals surface area contributed by atoms with Gasteiger partial charge < -0.3 is 0 Å². The Kier molecular flexibility index (Phi) is 4.81. The summed E-state index contributed by atoms with van der Waals surface area (Å²) in [7, 11) is 0. The molecular weight excluding hydrogens is 503 g/mol. The smallest absolute Gasteiger partial charge is 0.286 e. The van der Waals surface area contributed by atoms with E-state index in [0.717, 1.165) is 0 Å². The van der Waals surface area contributed by atoms with E-state index in [4.69, 9.17) is 0 Å². The van der Waals surface area contributed by atoms with Gasteiger partial charge in [0, 0.05) is 11.6 Å². The summed E-state index contributed by atoms with van der Waals surface area (Å²) < 4.78 is 92.8. The maximum atomic E-state index is 14.4. The molecule has 1 spiro atoms. The quantitative estimate of drug-likeness (QED) is 0.353. The number of nitrogens with zero attached hydrogens (tertiary/aromatic N) is 5. The van der Waals surface area contributed by atoms with Gasteiger partial charge in [0.25, 0.3) is 11.7 Å². The number of carbonyl (C=O) groups is 3. The first-order valence-electron chi connectivity index (χ1n) is 10.3. The molecule has 1 aromatic carbocycles. The summed E-state index contributed by atoms with van der Waals surface area (Å²) in [6.45, 7) is -1.40. The summed E-state index contributed by atoms with van der Waals surface area (Å²) in [5, 5.41) is 9.47. The van der Waals surface area contributed by atoms with E-state index >= 15 is 0 Å². The number of piperazine rings is 1. The molecule has 2 aromatic rings. The lowest BCUT2D eigenvalue weighted by atomic mass is 9.96. The Labute approximate surface area is 196 Å². The molecule has 3 aliphatic rings. The van der Waals surface area contributed by atoms with Crippen LogP contribution in [0.5, 0.6) is 0 Å². The van der Waals surface area contributed by atoms with Crippen molar-refractivity contribution in [2.24, 2.45) is 0 Å². The summed E-state index contributed by atoms with van der Waals surface area (Å²) in [6.07, 6.45) is -5.39. The highest BCUT2D eigenvalue weighted by Gasteiger charge is 2.81. The predicted molar refractivity (Wildman–Crippen MR) is 105 cm³/mol. The summed E-state index contributed by atoms with van der Waals surface area (Å²) in [5.41, 5.74) is 0.110. The molecule has 8 nitrogen and oxygen atoms in total. The van der Waals surface area contributed by atoms with Crippen molar-refractivity contribution in [2.45, 2.75) is 30.1 Å². The Morgan fingerprint density at radius 1 is 1.08 bits per heavy atom. The number of hydrogen-bond donors (Lipinski definition) is 0. The summed E-state index contributed by atoms with van der Waals surface area (Å²) in [4.78, 5) is 45.4. The fourth-order valence-corrected chi connectivity index (χ4v) is 5.25. The number of rotatable bonds is 4. The third-order valence-electron chi connectivity index (χ3n) is 6.93. The molecule has 3 fully saturated rings. The average molecular weight is 516 g/mol. The van der Waals surface area contributed by atoms with Gasteiger partial charge >= 0.3 is 24.1 Å². The van der Waals surface area contributed by atoms with Crippen LogP contribution >= 0.6 is 0 Å². The zero-order valence-corrected chi connectivity index (χ0v) is 17.8. The number of nitriles is 1. The van der Waals surface area contributed by atoms with Crippen LogP contribution < -0.4 is 4.90 Å². The molecule has 5 rings (SSSR count). The number of anilines is 1. The summed E-state index contributed by atoms with van der Waals surface area (Å²) >= 11 is 0. The molecule has 4 heterocycles. The largest absolute Gasteiger partial charge is 0.460 e.